The summed E-state index contributed by atoms with van der Waals surface area (Å²) in [5.74, 6) is 1.43. The topological polar surface area (TPSA) is 45.4 Å². The number of hydrogen-bond donors (Lipinski definition) is 2. The third-order valence-electron chi connectivity index (χ3n) is 3.63. The molecule has 0 saturated heterocycles. The van der Waals surface area contributed by atoms with Crippen molar-refractivity contribution in [1.29, 1.82) is 0 Å². The maximum absolute atomic E-state index is 9.87. The molecule has 0 aromatic carbocycles. The van der Waals surface area contributed by atoms with Crippen LogP contribution in [0.2, 0.25) is 0 Å². The van der Waals surface area contributed by atoms with E-state index in [0.717, 1.165) is 5.92 Å². The predicted molar refractivity (Wildman–Crippen MR) is 63.1 cm³/mol. The number of aliphatic hydroxyl groups excluding tert-OH is 1. The van der Waals surface area contributed by atoms with Gasteiger partial charge in [-0.2, -0.15) is 0 Å². The van der Waals surface area contributed by atoms with E-state index in [4.69, 9.17) is 4.42 Å². The van der Waals surface area contributed by atoms with Crippen LogP contribution in [-0.4, -0.2) is 17.7 Å². The van der Waals surface area contributed by atoms with Crippen molar-refractivity contribution in [2.45, 2.75) is 44.8 Å². The van der Waals surface area contributed by atoms with Gasteiger partial charge in [0, 0.05) is 12.6 Å². The Hall–Kier alpha value is -0.800. The lowest BCUT2D eigenvalue weighted by molar-refractivity contribution is 0.140. The van der Waals surface area contributed by atoms with Crippen molar-refractivity contribution in [3.8, 4) is 0 Å². The number of nitrogens with one attached hydrogen (secondary N) is 1. The van der Waals surface area contributed by atoms with Gasteiger partial charge < -0.3 is 14.8 Å². The fraction of sp³-hybridized carbons (Fsp3) is 0.692. The van der Waals surface area contributed by atoms with E-state index >= 15 is 0 Å². The summed E-state index contributed by atoms with van der Waals surface area (Å²) in [7, 11) is 0. The summed E-state index contributed by atoms with van der Waals surface area (Å²) in [4.78, 5) is 0. The second-order valence-electron chi connectivity index (χ2n) is 4.65. The van der Waals surface area contributed by atoms with Crippen LogP contribution in [0.4, 0.5) is 0 Å². The molecule has 0 bridgehead atoms. The van der Waals surface area contributed by atoms with Crippen molar-refractivity contribution in [2.24, 2.45) is 5.92 Å². The molecular weight excluding hydrogens is 202 g/mol. The van der Waals surface area contributed by atoms with Crippen molar-refractivity contribution in [3.05, 3.63) is 24.2 Å². The van der Waals surface area contributed by atoms with Crippen molar-refractivity contribution in [2.75, 3.05) is 6.54 Å². The molecule has 0 amide bonds. The van der Waals surface area contributed by atoms with Gasteiger partial charge in [0.25, 0.3) is 0 Å². The highest BCUT2D eigenvalue weighted by Crippen LogP contribution is 2.28. The second-order valence-corrected chi connectivity index (χ2v) is 4.65. The van der Waals surface area contributed by atoms with Crippen LogP contribution in [0.1, 0.15) is 44.5 Å². The molecule has 1 aromatic heterocycles. The Balaban J connectivity index is 1.78. The van der Waals surface area contributed by atoms with E-state index in [9.17, 15) is 5.11 Å². The van der Waals surface area contributed by atoms with Crippen LogP contribution in [0.3, 0.4) is 0 Å². The Morgan fingerprint density at radius 2 is 2.44 bits per heavy atom. The first-order chi connectivity index (χ1) is 7.81. The van der Waals surface area contributed by atoms with E-state index in [1.807, 2.05) is 12.1 Å². The summed E-state index contributed by atoms with van der Waals surface area (Å²) in [5, 5.41) is 13.3. The third-order valence-corrected chi connectivity index (χ3v) is 3.63. The van der Waals surface area contributed by atoms with Crippen molar-refractivity contribution in [3.63, 3.8) is 0 Å². The van der Waals surface area contributed by atoms with Gasteiger partial charge in [-0.3, -0.25) is 0 Å². The molecule has 1 saturated carbocycles. The van der Waals surface area contributed by atoms with Crippen molar-refractivity contribution in [1.82, 2.24) is 5.32 Å². The van der Waals surface area contributed by atoms with Crippen LogP contribution in [0, 0.1) is 5.92 Å². The molecule has 1 heterocycles. The first-order valence-corrected chi connectivity index (χ1v) is 6.26. The molecule has 90 valence electrons. The van der Waals surface area contributed by atoms with Gasteiger partial charge >= 0.3 is 0 Å². The molecule has 0 aliphatic heterocycles. The van der Waals surface area contributed by atoms with Crippen LogP contribution in [0.25, 0.3) is 0 Å². The maximum atomic E-state index is 9.87. The first-order valence-electron chi connectivity index (χ1n) is 6.26. The van der Waals surface area contributed by atoms with Gasteiger partial charge in [0.1, 0.15) is 11.9 Å². The van der Waals surface area contributed by atoms with Gasteiger partial charge in [0.2, 0.25) is 0 Å². The van der Waals surface area contributed by atoms with Gasteiger partial charge in [-0.25, -0.2) is 0 Å². The molecule has 3 nitrogen and oxygen atoms in total. The Kier molecular flexibility index (Phi) is 4.02. The van der Waals surface area contributed by atoms with Crippen LogP contribution in [-0.2, 0) is 0 Å². The van der Waals surface area contributed by atoms with E-state index in [2.05, 4.69) is 12.2 Å². The van der Waals surface area contributed by atoms with Gasteiger partial charge in [-0.15, -0.1) is 0 Å². The van der Waals surface area contributed by atoms with Crippen LogP contribution >= 0.6 is 0 Å². The average molecular weight is 223 g/mol. The molecule has 1 aliphatic rings. The molecule has 3 heteroatoms. The quantitative estimate of drug-likeness (QED) is 0.806. The molecule has 2 N–H and O–H groups in total. The number of furan rings is 1. The minimum absolute atomic E-state index is 0.520. The molecule has 16 heavy (non-hydrogen) atoms. The van der Waals surface area contributed by atoms with E-state index < -0.39 is 6.10 Å². The Morgan fingerprint density at radius 1 is 1.56 bits per heavy atom. The lowest BCUT2D eigenvalue weighted by Crippen LogP contribution is -2.35. The zero-order valence-corrected chi connectivity index (χ0v) is 9.86. The van der Waals surface area contributed by atoms with Crippen LogP contribution in [0.5, 0.6) is 0 Å². The predicted octanol–water partition coefficient (Wildman–Crippen LogP) is 2.48. The maximum Gasteiger partial charge on any atom is 0.133 e. The highest BCUT2D eigenvalue weighted by Gasteiger charge is 2.25. The van der Waals surface area contributed by atoms with E-state index in [1.54, 1.807) is 6.26 Å². The molecule has 3 atom stereocenters. The largest absolute Gasteiger partial charge is 0.467 e. The summed E-state index contributed by atoms with van der Waals surface area (Å²) in [6.45, 7) is 2.84. The van der Waals surface area contributed by atoms with Crippen LogP contribution < -0.4 is 5.32 Å². The first kappa shape index (κ1) is 11.7. The van der Waals surface area contributed by atoms with E-state index in [-0.39, 0.29) is 0 Å². The molecule has 1 aliphatic carbocycles. The Labute approximate surface area is 96.8 Å². The summed E-state index contributed by atoms with van der Waals surface area (Å²) >= 11 is 0. The fourth-order valence-corrected chi connectivity index (χ4v) is 2.64. The number of hydrogen-bond acceptors (Lipinski definition) is 3. The van der Waals surface area contributed by atoms with Gasteiger partial charge in [0.05, 0.1) is 6.26 Å². The zero-order chi connectivity index (χ0) is 11.4. The molecule has 3 unspecified atom stereocenters. The van der Waals surface area contributed by atoms with Crippen molar-refractivity contribution < 1.29 is 9.52 Å². The van der Waals surface area contributed by atoms with Gasteiger partial charge in [-0.1, -0.05) is 19.8 Å². The molecule has 2 rings (SSSR count). The normalized spacial score (nSPS) is 27.1. The smallest absolute Gasteiger partial charge is 0.133 e. The molecule has 0 spiro atoms. The zero-order valence-electron chi connectivity index (χ0n) is 9.86. The lowest BCUT2D eigenvalue weighted by atomic mass is 10.0. The van der Waals surface area contributed by atoms with Gasteiger partial charge in [-0.05, 0) is 30.9 Å². The monoisotopic (exact) mass is 223 g/mol. The highest BCUT2D eigenvalue weighted by molar-refractivity contribution is 5.02. The molecule has 1 aromatic rings. The van der Waals surface area contributed by atoms with Crippen molar-refractivity contribution >= 4 is 0 Å². The summed E-state index contributed by atoms with van der Waals surface area (Å²) < 4.78 is 5.17. The minimum atomic E-state index is -0.520. The lowest BCUT2D eigenvalue weighted by Gasteiger charge is -2.20. The standard InChI is InChI=1S/C13H21NO2/c1-2-10-5-3-6-11(10)14-9-12(15)13-7-4-8-16-13/h4,7-8,10-12,14-15H,2-3,5-6,9H2,1H3. The molecule has 1 fully saturated rings. The second kappa shape index (κ2) is 5.51. The Bertz CT molecular complexity index is 297. The van der Waals surface area contributed by atoms with E-state index in [0.29, 0.717) is 18.3 Å². The molecule has 0 radical (unpaired) electrons. The summed E-state index contributed by atoms with van der Waals surface area (Å²) in [6.07, 6.45) is 6.19. The molecular formula is C13H21NO2. The third kappa shape index (κ3) is 2.66. The van der Waals surface area contributed by atoms with Gasteiger partial charge in [0.15, 0.2) is 0 Å². The van der Waals surface area contributed by atoms with Crippen LogP contribution in [0.15, 0.2) is 22.8 Å². The summed E-state index contributed by atoms with van der Waals surface area (Å²) in [6, 6.07) is 4.20. The SMILES string of the molecule is CCC1CCCC1NCC(O)c1ccco1. The summed E-state index contributed by atoms with van der Waals surface area (Å²) in [5.41, 5.74) is 0. The highest BCUT2D eigenvalue weighted by atomic mass is 16.4. The van der Waals surface area contributed by atoms with E-state index in [1.165, 1.54) is 25.7 Å². The number of aliphatic hydroxyl groups is 1. The fourth-order valence-electron chi connectivity index (χ4n) is 2.64. The Morgan fingerprint density at radius 3 is 3.12 bits per heavy atom. The number of rotatable bonds is 5. The average Bonchev–Trinajstić information content (AvgIpc) is 2.96. The minimum Gasteiger partial charge on any atom is -0.467 e.